The number of rotatable bonds is 2. The lowest BCUT2D eigenvalue weighted by Crippen LogP contribution is -2.38. The molecule has 3 nitrogen and oxygen atoms in total. The molecule has 1 saturated carbocycles. The van der Waals surface area contributed by atoms with Crippen molar-refractivity contribution in [2.45, 2.75) is 37.5 Å². The zero-order valence-corrected chi connectivity index (χ0v) is 6.66. The van der Waals surface area contributed by atoms with E-state index in [1.807, 2.05) is 0 Å². The largest absolute Gasteiger partial charge is 0.376 e. The average molecular weight is 157 g/mol. The molecule has 2 unspecified atom stereocenters. The van der Waals surface area contributed by atoms with Gasteiger partial charge in [0.05, 0.1) is 19.3 Å². The Kier molecular flexibility index (Phi) is 2.11. The van der Waals surface area contributed by atoms with Crippen LogP contribution in [-0.2, 0) is 9.47 Å². The fourth-order valence-electron chi connectivity index (χ4n) is 1.66. The first-order chi connectivity index (χ1) is 5.34. The Morgan fingerprint density at radius 3 is 2.45 bits per heavy atom. The third-order valence-electron chi connectivity index (χ3n) is 2.42. The average Bonchev–Trinajstić information content (AvgIpc) is 2.27. The monoisotopic (exact) mass is 157 g/mol. The van der Waals surface area contributed by atoms with Crippen LogP contribution in [0.2, 0.25) is 0 Å². The van der Waals surface area contributed by atoms with Gasteiger partial charge in [0.25, 0.3) is 0 Å². The van der Waals surface area contributed by atoms with E-state index in [-0.39, 0.29) is 0 Å². The van der Waals surface area contributed by atoms with Gasteiger partial charge in [-0.1, -0.05) is 0 Å². The summed E-state index contributed by atoms with van der Waals surface area (Å²) in [6, 6.07) is 0.376. The second kappa shape index (κ2) is 3.09. The summed E-state index contributed by atoms with van der Waals surface area (Å²) in [6.45, 7) is 1.57. The summed E-state index contributed by atoms with van der Waals surface area (Å²) >= 11 is 0. The maximum Gasteiger partial charge on any atom is 0.104 e. The second-order valence-electron chi connectivity index (χ2n) is 3.49. The first-order valence-corrected chi connectivity index (χ1v) is 4.33. The van der Waals surface area contributed by atoms with Crippen LogP contribution in [0.25, 0.3) is 0 Å². The van der Waals surface area contributed by atoms with Gasteiger partial charge in [0.2, 0.25) is 0 Å². The van der Waals surface area contributed by atoms with Crippen LogP contribution >= 0.6 is 0 Å². The van der Waals surface area contributed by atoms with Crippen LogP contribution < -0.4 is 5.73 Å². The molecule has 0 aromatic rings. The van der Waals surface area contributed by atoms with Crippen molar-refractivity contribution in [3.63, 3.8) is 0 Å². The van der Waals surface area contributed by atoms with Gasteiger partial charge < -0.3 is 15.2 Å². The molecule has 2 atom stereocenters. The summed E-state index contributed by atoms with van der Waals surface area (Å²) in [5, 5.41) is 0. The van der Waals surface area contributed by atoms with Crippen molar-refractivity contribution in [3.05, 3.63) is 0 Å². The molecular weight excluding hydrogens is 142 g/mol. The van der Waals surface area contributed by atoms with Gasteiger partial charge >= 0.3 is 0 Å². The predicted octanol–water partition coefficient (Wildman–Crippen LogP) is 0.282. The lowest BCUT2D eigenvalue weighted by molar-refractivity contribution is -0.152. The molecule has 0 spiro atoms. The van der Waals surface area contributed by atoms with Crippen LogP contribution in [0.4, 0.5) is 0 Å². The summed E-state index contributed by atoms with van der Waals surface area (Å²) in [5.41, 5.74) is 5.75. The molecule has 0 bridgehead atoms. The van der Waals surface area contributed by atoms with Crippen molar-refractivity contribution >= 4 is 0 Å². The molecule has 2 fully saturated rings. The van der Waals surface area contributed by atoms with Crippen LogP contribution in [0.3, 0.4) is 0 Å². The molecule has 1 aliphatic heterocycles. The summed E-state index contributed by atoms with van der Waals surface area (Å²) in [4.78, 5) is 0. The molecule has 3 heteroatoms. The highest BCUT2D eigenvalue weighted by molar-refractivity contribution is 4.80. The van der Waals surface area contributed by atoms with E-state index in [1.54, 1.807) is 0 Å². The van der Waals surface area contributed by atoms with Crippen LogP contribution in [-0.4, -0.2) is 31.5 Å². The number of nitrogens with two attached hydrogens (primary N) is 1. The number of hydrogen-bond donors (Lipinski definition) is 1. The highest BCUT2D eigenvalue weighted by atomic mass is 16.6. The zero-order valence-electron chi connectivity index (χ0n) is 6.66. The SMILES string of the molecule is NC1CCC(OC2COC2)C1. The van der Waals surface area contributed by atoms with Crippen LogP contribution in [0.15, 0.2) is 0 Å². The summed E-state index contributed by atoms with van der Waals surface area (Å²) in [6.07, 6.45) is 4.08. The van der Waals surface area contributed by atoms with Crippen molar-refractivity contribution in [2.75, 3.05) is 13.2 Å². The van der Waals surface area contributed by atoms with E-state index in [1.165, 1.54) is 0 Å². The lowest BCUT2D eigenvalue weighted by atomic mass is 10.2. The molecule has 0 radical (unpaired) electrons. The van der Waals surface area contributed by atoms with E-state index < -0.39 is 0 Å². The van der Waals surface area contributed by atoms with E-state index in [0.717, 1.165) is 32.5 Å². The molecule has 1 saturated heterocycles. The number of hydrogen-bond acceptors (Lipinski definition) is 3. The van der Waals surface area contributed by atoms with Crippen molar-refractivity contribution in [3.8, 4) is 0 Å². The Hall–Kier alpha value is -0.120. The van der Waals surface area contributed by atoms with Gasteiger partial charge in [0.1, 0.15) is 6.10 Å². The minimum absolute atomic E-state index is 0.366. The van der Waals surface area contributed by atoms with Gasteiger partial charge in [-0.15, -0.1) is 0 Å². The molecule has 11 heavy (non-hydrogen) atoms. The van der Waals surface area contributed by atoms with Crippen molar-refractivity contribution in [1.29, 1.82) is 0 Å². The standard InChI is InChI=1S/C8H15NO2/c9-6-1-2-7(3-6)11-8-4-10-5-8/h6-8H,1-5,9H2. The van der Waals surface area contributed by atoms with Crippen LogP contribution in [0, 0.1) is 0 Å². The molecule has 1 heterocycles. The molecule has 2 rings (SSSR count). The molecule has 1 aliphatic carbocycles. The van der Waals surface area contributed by atoms with Crippen molar-refractivity contribution in [2.24, 2.45) is 5.73 Å². The smallest absolute Gasteiger partial charge is 0.104 e. The fraction of sp³-hybridized carbons (Fsp3) is 1.00. The summed E-state index contributed by atoms with van der Waals surface area (Å²) < 4.78 is 10.7. The number of ether oxygens (including phenoxy) is 2. The summed E-state index contributed by atoms with van der Waals surface area (Å²) in [5.74, 6) is 0. The molecule has 0 aromatic carbocycles. The minimum Gasteiger partial charge on any atom is -0.376 e. The molecule has 0 amide bonds. The third-order valence-corrected chi connectivity index (χ3v) is 2.42. The lowest BCUT2D eigenvalue weighted by Gasteiger charge is -2.28. The Morgan fingerprint density at radius 2 is 2.00 bits per heavy atom. The zero-order chi connectivity index (χ0) is 7.68. The van der Waals surface area contributed by atoms with Crippen LogP contribution in [0.5, 0.6) is 0 Å². The van der Waals surface area contributed by atoms with Gasteiger partial charge in [-0.2, -0.15) is 0 Å². The molecular formula is C8H15NO2. The second-order valence-corrected chi connectivity index (χ2v) is 3.49. The highest BCUT2D eigenvalue weighted by Crippen LogP contribution is 2.23. The maximum atomic E-state index is 5.75. The van der Waals surface area contributed by atoms with E-state index >= 15 is 0 Å². The summed E-state index contributed by atoms with van der Waals surface area (Å²) in [7, 11) is 0. The Labute approximate surface area is 66.8 Å². The van der Waals surface area contributed by atoms with Crippen molar-refractivity contribution in [1.82, 2.24) is 0 Å². The Balaban J connectivity index is 1.70. The quantitative estimate of drug-likeness (QED) is 0.626. The van der Waals surface area contributed by atoms with E-state index in [2.05, 4.69) is 0 Å². The highest BCUT2D eigenvalue weighted by Gasteiger charge is 2.28. The first-order valence-electron chi connectivity index (χ1n) is 4.33. The molecule has 2 N–H and O–H groups in total. The van der Waals surface area contributed by atoms with E-state index in [9.17, 15) is 0 Å². The van der Waals surface area contributed by atoms with E-state index in [0.29, 0.717) is 18.2 Å². The predicted molar refractivity (Wildman–Crippen MR) is 41.3 cm³/mol. The topological polar surface area (TPSA) is 44.5 Å². The molecule has 2 aliphatic rings. The van der Waals surface area contributed by atoms with E-state index in [4.69, 9.17) is 15.2 Å². The molecule has 64 valence electrons. The van der Waals surface area contributed by atoms with Crippen LogP contribution in [0.1, 0.15) is 19.3 Å². The van der Waals surface area contributed by atoms with Crippen molar-refractivity contribution < 1.29 is 9.47 Å². The Bertz CT molecular complexity index is 136. The third kappa shape index (κ3) is 1.72. The van der Waals surface area contributed by atoms with Gasteiger partial charge in [0, 0.05) is 6.04 Å². The Morgan fingerprint density at radius 1 is 1.18 bits per heavy atom. The van der Waals surface area contributed by atoms with Gasteiger partial charge in [-0.3, -0.25) is 0 Å². The van der Waals surface area contributed by atoms with Gasteiger partial charge in [-0.05, 0) is 19.3 Å². The van der Waals surface area contributed by atoms with Gasteiger partial charge in [0.15, 0.2) is 0 Å². The minimum atomic E-state index is 0.366. The fourth-order valence-corrected chi connectivity index (χ4v) is 1.66. The first kappa shape index (κ1) is 7.53. The molecule has 0 aromatic heterocycles. The van der Waals surface area contributed by atoms with Gasteiger partial charge in [-0.25, -0.2) is 0 Å². The maximum absolute atomic E-state index is 5.75. The normalized spacial score (nSPS) is 39.0.